The molecule has 0 aromatic carbocycles. The van der Waals surface area contributed by atoms with Gasteiger partial charge in [-0.1, -0.05) is 40.0 Å². The van der Waals surface area contributed by atoms with Crippen molar-refractivity contribution in [3.8, 4) is 0 Å². The molecule has 1 N–H and O–H groups in total. The van der Waals surface area contributed by atoms with Crippen molar-refractivity contribution in [1.82, 2.24) is 0 Å². The van der Waals surface area contributed by atoms with Gasteiger partial charge in [0.1, 0.15) is 14.9 Å². The summed E-state index contributed by atoms with van der Waals surface area (Å²) in [6.45, 7) is 1.89. The molecule has 1 atom stereocenters. The Morgan fingerprint density at radius 1 is 1.15 bits per heavy atom. The molecule has 0 bridgehead atoms. The SMILES string of the molecule is CC1(c2sc(Cl)c(Cl)c2Cl)CC(c2sc(C(=O)O)c3c2CCCC3)=NO1. The van der Waals surface area contributed by atoms with Gasteiger partial charge in [0.05, 0.1) is 19.8 Å². The van der Waals surface area contributed by atoms with Crippen molar-refractivity contribution < 1.29 is 14.7 Å². The lowest BCUT2D eigenvalue weighted by atomic mass is 9.89. The first-order valence-corrected chi connectivity index (χ1v) is 10.9. The van der Waals surface area contributed by atoms with Crippen LogP contribution in [0.5, 0.6) is 0 Å². The normalized spacial score (nSPS) is 22.1. The molecule has 9 heteroatoms. The summed E-state index contributed by atoms with van der Waals surface area (Å²) in [4.78, 5) is 19.5. The average Bonchev–Trinajstić information content (AvgIpc) is 3.26. The second-order valence-corrected chi connectivity index (χ2v) is 10.00. The molecule has 138 valence electrons. The summed E-state index contributed by atoms with van der Waals surface area (Å²) < 4.78 is 0.423. The van der Waals surface area contributed by atoms with E-state index in [1.54, 1.807) is 0 Å². The van der Waals surface area contributed by atoms with Crippen molar-refractivity contribution in [2.45, 2.75) is 44.6 Å². The van der Waals surface area contributed by atoms with E-state index in [1.807, 2.05) is 6.92 Å². The molecular formula is C17H14Cl3NO3S2. The number of rotatable bonds is 3. The predicted octanol–water partition coefficient (Wildman–Crippen LogP) is 6.39. The molecule has 1 unspecified atom stereocenters. The molecule has 2 aromatic heterocycles. The summed E-state index contributed by atoms with van der Waals surface area (Å²) in [6, 6.07) is 0. The van der Waals surface area contributed by atoms with E-state index < -0.39 is 11.6 Å². The fraction of sp³-hybridized carbons (Fsp3) is 0.412. The van der Waals surface area contributed by atoms with Gasteiger partial charge >= 0.3 is 5.97 Å². The van der Waals surface area contributed by atoms with Gasteiger partial charge < -0.3 is 9.94 Å². The van der Waals surface area contributed by atoms with Crippen LogP contribution in [-0.4, -0.2) is 16.8 Å². The third kappa shape index (κ3) is 2.87. The van der Waals surface area contributed by atoms with E-state index in [4.69, 9.17) is 39.6 Å². The minimum absolute atomic E-state index is 0.327. The van der Waals surface area contributed by atoms with E-state index in [1.165, 1.54) is 22.7 Å². The quantitative estimate of drug-likeness (QED) is 0.589. The van der Waals surface area contributed by atoms with Crippen LogP contribution in [0, 0.1) is 0 Å². The fourth-order valence-corrected chi connectivity index (χ4v) is 6.74. The van der Waals surface area contributed by atoms with Gasteiger partial charge in [0.2, 0.25) is 0 Å². The Morgan fingerprint density at radius 2 is 1.85 bits per heavy atom. The van der Waals surface area contributed by atoms with E-state index in [0.717, 1.165) is 52.3 Å². The number of aromatic carboxylic acids is 1. The number of carboxylic acids is 1. The molecule has 4 nitrogen and oxygen atoms in total. The molecule has 1 aliphatic carbocycles. The van der Waals surface area contributed by atoms with Crippen molar-refractivity contribution in [2.24, 2.45) is 5.16 Å². The summed E-state index contributed by atoms with van der Waals surface area (Å²) in [7, 11) is 0. The molecular weight excluding hydrogens is 437 g/mol. The summed E-state index contributed by atoms with van der Waals surface area (Å²) in [5.41, 5.74) is 2.07. The van der Waals surface area contributed by atoms with Gasteiger partial charge in [0.15, 0.2) is 5.60 Å². The van der Waals surface area contributed by atoms with Gasteiger partial charge in [-0.2, -0.15) is 0 Å². The molecule has 26 heavy (non-hydrogen) atoms. The van der Waals surface area contributed by atoms with Gasteiger partial charge in [-0.15, -0.1) is 22.7 Å². The average molecular weight is 451 g/mol. The number of carbonyl (C=O) groups is 1. The lowest BCUT2D eigenvalue weighted by Crippen LogP contribution is -2.21. The third-order valence-electron chi connectivity index (χ3n) is 4.78. The Balaban J connectivity index is 1.71. The van der Waals surface area contributed by atoms with Crippen LogP contribution in [-0.2, 0) is 23.3 Å². The zero-order chi connectivity index (χ0) is 18.6. The van der Waals surface area contributed by atoms with Crippen LogP contribution < -0.4 is 0 Å². The Hall–Kier alpha value is -0.790. The first-order chi connectivity index (χ1) is 12.3. The van der Waals surface area contributed by atoms with Crippen LogP contribution in [0.15, 0.2) is 5.16 Å². The lowest BCUT2D eigenvalue weighted by Gasteiger charge is -2.20. The van der Waals surface area contributed by atoms with E-state index in [2.05, 4.69) is 5.16 Å². The first-order valence-electron chi connectivity index (χ1n) is 8.09. The number of thiophene rings is 2. The number of halogens is 3. The predicted molar refractivity (Wildman–Crippen MR) is 107 cm³/mol. The van der Waals surface area contributed by atoms with Crippen LogP contribution in [0.4, 0.5) is 0 Å². The molecule has 0 radical (unpaired) electrons. The summed E-state index contributed by atoms with van der Waals surface area (Å²) >= 11 is 21.1. The summed E-state index contributed by atoms with van der Waals surface area (Å²) in [6.07, 6.45) is 4.25. The highest BCUT2D eigenvalue weighted by Crippen LogP contribution is 2.50. The second kappa shape index (κ2) is 6.67. The maximum Gasteiger partial charge on any atom is 0.346 e. The Kier molecular flexibility index (Phi) is 4.77. The Labute approximate surface area is 173 Å². The molecule has 1 aliphatic heterocycles. The number of oxime groups is 1. The summed E-state index contributed by atoms with van der Waals surface area (Å²) in [5, 5.41) is 14.5. The summed E-state index contributed by atoms with van der Waals surface area (Å²) in [5.74, 6) is -0.874. The van der Waals surface area contributed by atoms with Gasteiger partial charge in [-0.3, -0.25) is 0 Å². The largest absolute Gasteiger partial charge is 0.477 e. The maximum absolute atomic E-state index is 11.6. The van der Waals surface area contributed by atoms with Crippen molar-refractivity contribution in [2.75, 3.05) is 0 Å². The van der Waals surface area contributed by atoms with Crippen LogP contribution in [0.2, 0.25) is 14.4 Å². The lowest BCUT2D eigenvalue weighted by molar-refractivity contribution is -0.00439. The number of carboxylic acid groups (broad SMARTS) is 1. The molecule has 3 heterocycles. The zero-order valence-corrected chi connectivity index (χ0v) is 17.6. The Bertz CT molecular complexity index is 950. The fourth-order valence-electron chi connectivity index (χ4n) is 3.53. The highest BCUT2D eigenvalue weighted by atomic mass is 35.5. The molecule has 0 saturated carbocycles. The number of fused-ring (bicyclic) bond motifs is 1. The monoisotopic (exact) mass is 449 g/mol. The van der Waals surface area contributed by atoms with Crippen molar-refractivity contribution in [3.63, 3.8) is 0 Å². The van der Waals surface area contributed by atoms with Crippen LogP contribution in [0.3, 0.4) is 0 Å². The smallest absolute Gasteiger partial charge is 0.346 e. The molecule has 2 aliphatic rings. The van der Waals surface area contributed by atoms with Gasteiger partial charge in [-0.05, 0) is 43.7 Å². The van der Waals surface area contributed by atoms with Gasteiger partial charge in [0.25, 0.3) is 0 Å². The van der Waals surface area contributed by atoms with Crippen molar-refractivity contribution >= 4 is 69.2 Å². The minimum atomic E-state index is -0.874. The second-order valence-electron chi connectivity index (χ2n) is 6.60. The van der Waals surface area contributed by atoms with Crippen LogP contribution >= 0.6 is 57.5 Å². The third-order valence-corrected chi connectivity index (χ3v) is 8.90. The Morgan fingerprint density at radius 3 is 2.46 bits per heavy atom. The molecule has 0 amide bonds. The molecule has 4 rings (SSSR count). The minimum Gasteiger partial charge on any atom is -0.477 e. The molecule has 0 saturated heterocycles. The van der Waals surface area contributed by atoms with Gasteiger partial charge in [0, 0.05) is 6.42 Å². The van der Waals surface area contributed by atoms with E-state index in [-0.39, 0.29) is 0 Å². The van der Waals surface area contributed by atoms with E-state index >= 15 is 0 Å². The zero-order valence-electron chi connectivity index (χ0n) is 13.7. The first kappa shape index (κ1) is 18.6. The van der Waals surface area contributed by atoms with Crippen molar-refractivity contribution in [3.05, 3.63) is 40.1 Å². The molecule has 0 spiro atoms. The molecule has 2 aromatic rings. The standard InChI is InChI=1S/C17H14Cl3NO3S2/c1-17(14-10(18)11(19)15(20)26-14)6-9(21-24-17)12-7-4-2-3-5-8(7)13(25-12)16(22)23/h2-6H2,1H3,(H,22,23). The van der Waals surface area contributed by atoms with Gasteiger partial charge in [-0.25, -0.2) is 4.79 Å². The topological polar surface area (TPSA) is 58.9 Å². The maximum atomic E-state index is 11.6. The van der Waals surface area contributed by atoms with Crippen LogP contribution in [0.25, 0.3) is 0 Å². The van der Waals surface area contributed by atoms with E-state index in [0.29, 0.717) is 25.7 Å². The number of hydrogen-bond acceptors (Lipinski definition) is 5. The number of nitrogens with zero attached hydrogens (tertiary/aromatic N) is 1. The number of hydrogen-bond donors (Lipinski definition) is 1. The molecule has 0 fully saturated rings. The van der Waals surface area contributed by atoms with Crippen LogP contribution in [0.1, 0.15) is 56.7 Å². The highest BCUT2D eigenvalue weighted by molar-refractivity contribution is 7.18. The highest BCUT2D eigenvalue weighted by Gasteiger charge is 2.42. The van der Waals surface area contributed by atoms with E-state index in [9.17, 15) is 9.90 Å². The van der Waals surface area contributed by atoms with Crippen molar-refractivity contribution in [1.29, 1.82) is 0 Å².